The van der Waals surface area contributed by atoms with Crippen LogP contribution in [-0.2, 0) is 0 Å². The van der Waals surface area contributed by atoms with Crippen LogP contribution in [0.3, 0.4) is 0 Å². The average molecular weight is 199 g/mol. The summed E-state index contributed by atoms with van der Waals surface area (Å²) in [6.07, 6.45) is 4.22. The van der Waals surface area contributed by atoms with E-state index < -0.39 is 0 Å². The molecule has 4 heteroatoms. The Bertz CT molecular complexity index is 302. The van der Waals surface area contributed by atoms with Gasteiger partial charge in [0, 0.05) is 11.8 Å². The lowest BCUT2D eigenvalue weighted by Gasteiger charge is -2.05. The quantitative estimate of drug-likeness (QED) is 0.423. The third-order valence-electron chi connectivity index (χ3n) is 1.46. The summed E-state index contributed by atoms with van der Waals surface area (Å²) in [5.74, 6) is 0.543. The molecule has 1 rings (SSSR count). The first-order valence-corrected chi connectivity index (χ1v) is 4.34. The molecule has 3 nitrogen and oxygen atoms in total. The molecule has 0 saturated carbocycles. The van der Waals surface area contributed by atoms with E-state index in [1.165, 1.54) is 0 Å². The first-order valence-electron chi connectivity index (χ1n) is 3.97. The zero-order chi connectivity index (χ0) is 9.68. The van der Waals surface area contributed by atoms with Crippen molar-refractivity contribution in [3.63, 3.8) is 0 Å². The van der Waals surface area contributed by atoms with Crippen LogP contribution in [0.5, 0.6) is 5.88 Å². The van der Waals surface area contributed by atoms with Crippen molar-refractivity contribution in [3.8, 4) is 5.88 Å². The van der Waals surface area contributed by atoms with Crippen molar-refractivity contribution in [2.45, 2.75) is 13.3 Å². The van der Waals surface area contributed by atoms with Crippen LogP contribution >= 0.6 is 11.6 Å². The van der Waals surface area contributed by atoms with Gasteiger partial charge in [-0.15, -0.1) is 6.58 Å². The van der Waals surface area contributed by atoms with Gasteiger partial charge in [-0.25, -0.2) is 4.98 Å². The first kappa shape index (κ1) is 9.99. The van der Waals surface area contributed by atoms with E-state index in [4.69, 9.17) is 16.3 Å². The van der Waals surface area contributed by atoms with Crippen LogP contribution in [0.2, 0.25) is 5.28 Å². The van der Waals surface area contributed by atoms with Gasteiger partial charge in [0.05, 0.1) is 6.61 Å². The van der Waals surface area contributed by atoms with Crippen LogP contribution in [0, 0.1) is 6.92 Å². The van der Waals surface area contributed by atoms with Crippen molar-refractivity contribution in [1.29, 1.82) is 0 Å². The van der Waals surface area contributed by atoms with Crippen LogP contribution in [-0.4, -0.2) is 16.6 Å². The fourth-order valence-corrected chi connectivity index (χ4v) is 0.917. The van der Waals surface area contributed by atoms with Crippen molar-refractivity contribution in [2.24, 2.45) is 0 Å². The van der Waals surface area contributed by atoms with Gasteiger partial charge in [0.2, 0.25) is 11.2 Å². The van der Waals surface area contributed by atoms with Crippen LogP contribution in [0.1, 0.15) is 12.0 Å². The number of hydrogen-bond acceptors (Lipinski definition) is 3. The second-order valence-electron chi connectivity index (χ2n) is 2.55. The summed E-state index contributed by atoms with van der Waals surface area (Å²) in [6.45, 7) is 6.03. The molecule has 0 radical (unpaired) electrons. The predicted octanol–water partition coefficient (Wildman–Crippen LogP) is 2.39. The normalized spacial score (nSPS) is 9.69. The monoisotopic (exact) mass is 198 g/mol. The largest absolute Gasteiger partial charge is 0.477 e. The molecule has 0 N–H and O–H groups in total. The Balaban J connectivity index is 2.64. The Labute approximate surface area is 82.4 Å². The summed E-state index contributed by atoms with van der Waals surface area (Å²) in [5, 5.41) is 0.208. The zero-order valence-electron chi connectivity index (χ0n) is 7.46. The van der Waals surface area contributed by atoms with Gasteiger partial charge in [-0.2, -0.15) is 4.98 Å². The second kappa shape index (κ2) is 4.82. The summed E-state index contributed by atoms with van der Waals surface area (Å²) in [7, 11) is 0. The van der Waals surface area contributed by atoms with E-state index >= 15 is 0 Å². The highest BCUT2D eigenvalue weighted by atomic mass is 35.5. The Morgan fingerprint density at radius 1 is 1.69 bits per heavy atom. The molecule has 0 aliphatic carbocycles. The molecule has 70 valence electrons. The predicted molar refractivity (Wildman–Crippen MR) is 52.1 cm³/mol. The topological polar surface area (TPSA) is 35.0 Å². The van der Waals surface area contributed by atoms with Crippen LogP contribution in [0.25, 0.3) is 0 Å². The molecule has 0 aromatic carbocycles. The van der Waals surface area contributed by atoms with Gasteiger partial charge in [0.25, 0.3) is 0 Å². The molecule has 13 heavy (non-hydrogen) atoms. The number of rotatable bonds is 4. The van der Waals surface area contributed by atoms with Crippen molar-refractivity contribution in [2.75, 3.05) is 6.61 Å². The molecule has 1 aromatic heterocycles. The van der Waals surface area contributed by atoms with Gasteiger partial charge in [0.15, 0.2) is 0 Å². The molecular formula is C9H11ClN2O. The fraction of sp³-hybridized carbons (Fsp3) is 0.333. The molecular weight excluding hydrogens is 188 g/mol. The van der Waals surface area contributed by atoms with Gasteiger partial charge in [-0.1, -0.05) is 6.08 Å². The van der Waals surface area contributed by atoms with E-state index in [0.29, 0.717) is 12.5 Å². The molecule has 0 spiro atoms. The summed E-state index contributed by atoms with van der Waals surface area (Å²) < 4.78 is 5.35. The highest BCUT2D eigenvalue weighted by Gasteiger charge is 2.02. The maximum absolute atomic E-state index is 5.61. The molecule has 0 bridgehead atoms. The lowest BCUT2D eigenvalue weighted by atomic mass is 10.4. The minimum atomic E-state index is 0.208. The second-order valence-corrected chi connectivity index (χ2v) is 2.89. The molecule has 1 aromatic rings. The van der Waals surface area contributed by atoms with Gasteiger partial charge < -0.3 is 4.74 Å². The van der Waals surface area contributed by atoms with Gasteiger partial charge >= 0.3 is 0 Å². The molecule has 0 atom stereocenters. The van der Waals surface area contributed by atoms with Crippen molar-refractivity contribution in [1.82, 2.24) is 9.97 Å². The maximum Gasteiger partial charge on any atom is 0.225 e. The average Bonchev–Trinajstić information content (AvgIpc) is 2.11. The number of aromatic nitrogens is 2. The molecule has 0 unspecified atom stereocenters. The number of nitrogens with zero attached hydrogens (tertiary/aromatic N) is 2. The Morgan fingerprint density at radius 3 is 3.15 bits per heavy atom. The minimum Gasteiger partial charge on any atom is -0.477 e. The fourth-order valence-electron chi connectivity index (χ4n) is 0.791. The molecule has 1 heterocycles. The lowest BCUT2D eigenvalue weighted by molar-refractivity contribution is 0.309. The zero-order valence-corrected chi connectivity index (χ0v) is 8.21. The highest BCUT2D eigenvalue weighted by molar-refractivity contribution is 6.28. The Kier molecular flexibility index (Phi) is 3.71. The first-order chi connectivity index (χ1) is 6.24. The smallest absolute Gasteiger partial charge is 0.225 e. The third-order valence-corrected chi connectivity index (χ3v) is 1.64. The number of halogens is 1. The van der Waals surface area contributed by atoms with Crippen molar-refractivity contribution >= 4 is 11.6 Å². The van der Waals surface area contributed by atoms with Crippen molar-refractivity contribution in [3.05, 3.63) is 29.7 Å². The number of hydrogen-bond donors (Lipinski definition) is 0. The summed E-state index contributed by atoms with van der Waals surface area (Å²) >= 11 is 5.61. The van der Waals surface area contributed by atoms with E-state index in [9.17, 15) is 0 Å². The standard InChI is InChI=1S/C9H11ClN2O/c1-3-4-5-13-8-7(2)6-11-9(10)12-8/h3,6H,1,4-5H2,2H3. The summed E-state index contributed by atoms with van der Waals surface area (Å²) in [6, 6.07) is 0. The molecule has 0 aliphatic rings. The Hall–Kier alpha value is -1.09. The molecule has 0 aliphatic heterocycles. The van der Waals surface area contributed by atoms with Crippen molar-refractivity contribution < 1.29 is 4.74 Å². The van der Waals surface area contributed by atoms with Gasteiger partial charge in [0.1, 0.15) is 0 Å². The van der Waals surface area contributed by atoms with E-state index in [2.05, 4.69) is 16.5 Å². The maximum atomic E-state index is 5.61. The van der Waals surface area contributed by atoms with Gasteiger partial charge in [-0.05, 0) is 24.9 Å². The highest BCUT2D eigenvalue weighted by Crippen LogP contribution is 2.15. The van der Waals surface area contributed by atoms with Crippen LogP contribution in [0.4, 0.5) is 0 Å². The molecule has 0 saturated heterocycles. The minimum absolute atomic E-state index is 0.208. The SMILES string of the molecule is C=CCCOc1nc(Cl)ncc1C. The number of ether oxygens (including phenoxy) is 1. The van der Waals surface area contributed by atoms with Crippen LogP contribution in [0.15, 0.2) is 18.9 Å². The summed E-state index contributed by atoms with van der Waals surface area (Å²) in [4.78, 5) is 7.76. The summed E-state index contributed by atoms with van der Waals surface area (Å²) in [5.41, 5.74) is 0.883. The molecule has 0 fully saturated rings. The van der Waals surface area contributed by atoms with E-state index in [1.807, 2.05) is 6.92 Å². The molecule has 0 amide bonds. The van der Waals surface area contributed by atoms with Crippen LogP contribution < -0.4 is 4.74 Å². The van der Waals surface area contributed by atoms with E-state index in [-0.39, 0.29) is 5.28 Å². The van der Waals surface area contributed by atoms with E-state index in [1.54, 1.807) is 12.3 Å². The van der Waals surface area contributed by atoms with E-state index in [0.717, 1.165) is 12.0 Å². The number of aryl methyl sites for hydroxylation is 1. The lowest BCUT2D eigenvalue weighted by Crippen LogP contribution is -2.00. The van der Waals surface area contributed by atoms with Gasteiger partial charge in [-0.3, -0.25) is 0 Å². The Morgan fingerprint density at radius 2 is 2.46 bits per heavy atom. The third kappa shape index (κ3) is 3.03.